The fourth-order valence-corrected chi connectivity index (χ4v) is 18.4. The molecule has 0 N–H and O–H groups in total. The summed E-state index contributed by atoms with van der Waals surface area (Å²) < 4.78 is 6.43. The van der Waals surface area contributed by atoms with Crippen LogP contribution in [0.5, 0.6) is 0 Å². The van der Waals surface area contributed by atoms with Crippen LogP contribution in [0.3, 0.4) is 0 Å². The van der Waals surface area contributed by atoms with Gasteiger partial charge in [0, 0.05) is 13.9 Å². The van der Waals surface area contributed by atoms with E-state index in [0.717, 1.165) is 6.61 Å². The molecule has 0 saturated carbocycles. The predicted octanol–water partition coefficient (Wildman–Crippen LogP) is 7.87. The molecule has 4 heteroatoms. The van der Waals surface area contributed by atoms with Crippen molar-refractivity contribution in [3.63, 3.8) is 0 Å². The summed E-state index contributed by atoms with van der Waals surface area (Å²) in [5.41, 5.74) is 0. The van der Waals surface area contributed by atoms with Gasteiger partial charge >= 0.3 is 0 Å². The second-order valence-electron chi connectivity index (χ2n) is 11.2. The predicted molar refractivity (Wildman–Crippen MR) is 156 cm³/mol. The number of unbranched alkanes of at least 4 members (excludes halogenated alkanes) is 15. The number of hydrogen-bond donors (Lipinski definition) is 0. The summed E-state index contributed by atoms with van der Waals surface area (Å²) in [6.07, 6.45) is 30.8. The molecule has 0 aromatic rings. The van der Waals surface area contributed by atoms with Gasteiger partial charge in [0.25, 0.3) is 0 Å². The zero-order valence-electron chi connectivity index (χ0n) is 24.0. The fraction of sp³-hybridized carbons (Fsp3) is 1.00. The maximum atomic E-state index is 6.43. The van der Waals surface area contributed by atoms with Crippen LogP contribution in [0.4, 0.5) is 0 Å². The zero-order valence-corrected chi connectivity index (χ0v) is 26.6. The van der Waals surface area contributed by atoms with E-state index in [1.165, 1.54) is 121 Å². The first-order valence-corrected chi connectivity index (χ1v) is 20.6. The van der Waals surface area contributed by atoms with Crippen molar-refractivity contribution in [2.24, 2.45) is 0 Å². The molecule has 0 aliphatic carbocycles. The van der Waals surface area contributed by atoms with E-state index in [1.807, 2.05) is 0 Å². The molecule has 0 radical (unpaired) electrons. The van der Waals surface area contributed by atoms with E-state index in [9.17, 15) is 0 Å². The lowest BCUT2D eigenvalue weighted by Crippen LogP contribution is -3.00. The summed E-state index contributed by atoms with van der Waals surface area (Å²) in [6.45, 7) is 15.2. The van der Waals surface area contributed by atoms with Gasteiger partial charge in [0.1, 0.15) is 0 Å². The Morgan fingerprint density at radius 1 is 0.485 bits per heavy atom. The van der Waals surface area contributed by atoms with Gasteiger partial charge in [-0.3, -0.25) is 0 Å². The minimum absolute atomic E-state index is 0. The Kier molecular flexibility index (Phi) is 26.9. The number of halogens is 1. The van der Waals surface area contributed by atoms with Crippen LogP contribution in [-0.2, 0) is 4.43 Å². The SMILES string of the molecule is CCCCCCCC[P+](CCCCCCCC)(CCCCCCCC)C[Si](C)(C)OCC.[Cl-]. The number of hydrogen-bond acceptors (Lipinski definition) is 1. The van der Waals surface area contributed by atoms with Crippen LogP contribution < -0.4 is 12.4 Å². The van der Waals surface area contributed by atoms with Crippen molar-refractivity contribution >= 4 is 15.6 Å². The van der Waals surface area contributed by atoms with Crippen LogP contribution in [0, 0.1) is 0 Å². The molecular formula is C29H64ClOPSi. The highest BCUT2D eigenvalue weighted by atomic mass is 35.5. The molecule has 0 aliphatic rings. The molecule has 0 aliphatic heterocycles. The maximum Gasteiger partial charge on any atom is 0.224 e. The fourth-order valence-electron chi connectivity index (χ4n) is 5.50. The molecule has 0 heterocycles. The first-order valence-electron chi connectivity index (χ1n) is 14.9. The lowest BCUT2D eigenvalue weighted by Gasteiger charge is -2.34. The smallest absolute Gasteiger partial charge is 0.224 e. The summed E-state index contributed by atoms with van der Waals surface area (Å²) in [6, 6.07) is 0. The van der Waals surface area contributed by atoms with E-state index < -0.39 is 15.6 Å². The van der Waals surface area contributed by atoms with Gasteiger partial charge < -0.3 is 16.8 Å². The third kappa shape index (κ3) is 21.9. The first kappa shape index (κ1) is 36.1. The molecular weight excluding hydrogens is 459 g/mol. The van der Waals surface area contributed by atoms with Gasteiger partial charge in [-0.25, -0.2) is 0 Å². The lowest BCUT2D eigenvalue weighted by molar-refractivity contribution is -0.00000864. The Bertz CT molecular complexity index is 351. The number of rotatable bonds is 25. The Balaban J connectivity index is 0. The molecule has 0 aromatic carbocycles. The molecule has 33 heavy (non-hydrogen) atoms. The highest BCUT2D eigenvalue weighted by Gasteiger charge is 2.43. The van der Waals surface area contributed by atoms with E-state index >= 15 is 0 Å². The minimum Gasteiger partial charge on any atom is -1.00 e. The Labute approximate surface area is 219 Å². The van der Waals surface area contributed by atoms with Crippen molar-refractivity contribution in [1.82, 2.24) is 0 Å². The molecule has 202 valence electrons. The van der Waals surface area contributed by atoms with Crippen LogP contribution in [0.15, 0.2) is 0 Å². The van der Waals surface area contributed by atoms with Gasteiger partial charge in [-0.2, -0.15) is 0 Å². The quantitative estimate of drug-likeness (QED) is 0.0673. The summed E-state index contributed by atoms with van der Waals surface area (Å²) in [4.78, 5) is 0. The average Bonchev–Trinajstić information content (AvgIpc) is 2.75. The largest absolute Gasteiger partial charge is 1.00 e. The maximum absolute atomic E-state index is 6.43. The molecule has 0 aromatic heterocycles. The van der Waals surface area contributed by atoms with Crippen LogP contribution in [0.25, 0.3) is 0 Å². The van der Waals surface area contributed by atoms with E-state index in [1.54, 1.807) is 18.5 Å². The van der Waals surface area contributed by atoms with Gasteiger partial charge in [-0.05, 0) is 58.5 Å². The van der Waals surface area contributed by atoms with Crippen molar-refractivity contribution in [2.45, 2.75) is 156 Å². The van der Waals surface area contributed by atoms with Crippen molar-refractivity contribution < 1.29 is 16.8 Å². The van der Waals surface area contributed by atoms with Crippen molar-refractivity contribution in [3.05, 3.63) is 0 Å². The van der Waals surface area contributed by atoms with Crippen molar-refractivity contribution in [2.75, 3.05) is 30.9 Å². The summed E-state index contributed by atoms with van der Waals surface area (Å²) in [5.74, 6) is 1.51. The molecule has 0 atom stereocenters. The van der Waals surface area contributed by atoms with Gasteiger partial charge in [0.05, 0.1) is 24.3 Å². The average molecular weight is 523 g/mol. The molecule has 0 amide bonds. The monoisotopic (exact) mass is 522 g/mol. The minimum atomic E-state index is -1.53. The normalized spacial score (nSPS) is 12.2. The highest BCUT2D eigenvalue weighted by molar-refractivity contribution is 7.77. The van der Waals surface area contributed by atoms with Crippen LogP contribution >= 0.6 is 7.26 Å². The van der Waals surface area contributed by atoms with Crippen LogP contribution in [0.1, 0.15) is 143 Å². The van der Waals surface area contributed by atoms with E-state index in [-0.39, 0.29) is 12.4 Å². The van der Waals surface area contributed by atoms with Gasteiger partial charge in [-0.15, -0.1) is 0 Å². The van der Waals surface area contributed by atoms with Crippen LogP contribution in [0.2, 0.25) is 13.1 Å². The summed E-state index contributed by atoms with van der Waals surface area (Å²) >= 11 is 0. The molecule has 0 rings (SSSR count). The van der Waals surface area contributed by atoms with E-state index in [2.05, 4.69) is 40.8 Å². The van der Waals surface area contributed by atoms with E-state index in [4.69, 9.17) is 4.43 Å². The summed E-state index contributed by atoms with van der Waals surface area (Å²) in [5, 5.41) is 0. The topological polar surface area (TPSA) is 9.23 Å². The summed E-state index contributed by atoms with van der Waals surface area (Å²) in [7, 11) is -2.41. The van der Waals surface area contributed by atoms with E-state index in [0.29, 0.717) is 0 Å². The molecule has 0 unspecified atom stereocenters. The highest BCUT2D eigenvalue weighted by Crippen LogP contribution is 2.62. The molecule has 0 spiro atoms. The third-order valence-corrected chi connectivity index (χ3v) is 17.8. The Hall–Kier alpha value is 0.897. The van der Waals surface area contributed by atoms with Crippen molar-refractivity contribution in [3.8, 4) is 0 Å². The van der Waals surface area contributed by atoms with Gasteiger partial charge in [-0.1, -0.05) is 97.8 Å². The van der Waals surface area contributed by atoms with Gasteiger partial charge in [0.2, 0.25) is 8.32 Å². The first-order chi connectivity index (χ1) is 15.4. The molecule has 0 bridgehead atoms. The second kappa shape index (κ2) is 24.6. The second-order valence-corrected chi connectivity index (χ2v) is 20.3. The molecule has 0 saturated heterocycles. The standard InChI is InChI=1S/C29H64OPSi.ClH/c1-7-11-14-17-20-23-26-31(29-32(5,6)30-10-4,27-24-21-18-15-12-8-2)28-25-22-19-16-13-9-3;/h7-29H2,1-6H3;1H/q+1;/p-1. The van der Waals surface area contributed by atoms with Gasteiger partial charge in [0.15, 0.2) is 0 Å². The third-order valence-electron chi connectivity index (χ3n) is 7.21. The van der Waals surface area contributed by atoms with Crippen LogP contribution in [-0.4, -0.2) is 39.2 Å². The Morgan fingerprint density at radius 2 is 0.788 bits per heavy atom. The Morgan fingerprint density at radius 3 is 1.09 bits per heavy atom. The van der Waals surface area contributed by atoms with Crippen molar-refractivity contribution in [1.29, 1.82) is 0 Å². The molecule has 1 nitrogen and oxygen atoms in total. The lowest BCUT2D eigenvalue weighted by atomic mass is 10.1. The molecule has 0 fully saturated rings. The zero-order chi connectivity index (χ0) is 24.0.